The molecule has 12 atom stereocenters. The van der Waals surface area contributed by atoms with Gasteiger partial charge in [-0.05, 0) is 64.2 Å². The summed E-state index contributed by atoms with van der Waals surface area (Å²) < 4.78 is 22.7. The molecule has 2 fully saturated rings. The molecular formula is C58H105NO13. The van der Waals surface area contributed by atoms with Crippen molar-refractivity contribution in [3.05, 3.63) is 48.6 Å². The Morgan fingerprint density at radius 1 is 0.500 bits per heavy atom. The lowest BCUT2D eigenvalue weighted by atomic mass is 9.97. The molecule has 0 aliphatic carbocycles. The first kappa shape index (κ1) is 66.1. The van der Waals surface area contributed by atoms with E-state index in [1.54, 1.807) is 6.08 Å². The summed E-state index contributed by atoms with van der Waals surface area (Å²) in [5, 5.41) is 86.9. The summed E-state index contributed by atoms with van der Waals surface area (Å²) in [5.74, 6) is -0.251. The molecule has 420 valence electrons. The zero-order valence-electron chi connectivity index (χ0n) is 44.9. The summed E-state index contributed by atoms with van der Waals surface area (Å²) in [7, 11) is 0. The van der Waals surface area contributed by atoms with Gasteiger partial charge >= 0.3 is 0 Å². The van der Waals surface area contributed by atoms with Gasteiger partial charge in [0.05, 0.1) is 32.0 Å². The number of aliphatic hydroxyl groups is 8. The van der Waals surface area contributed by atoms with Gasteiger partial charge in [0.2, 0.25) is 5.91 Å². The van der Waals surface area contributed by atoms with Crippen LogP contribution in [0, 0.1) is 0 Å². The van der Waals surface area contributed by atoms with Crippen molar-refractivity contribution in [2.24, 2.45) is 0 Å². The average Bonchev–Trinajstić information content (AvgIpc) is 3.38. The molecule has 0 bridgehead atoms. The normalized spacial score (nSPS) is 25.9. The minimum Gasteiger partial charge on any atom is -0.394 e. The predicted octanol–water partition coefficient (Wildman–Crippen LogP) is 9.22. The molecule has 12 unspecified atom stereocenters. The van der Waals surface area contributed by atoms with Gasteiger partial charge in [0.15, 0.2) is 12.6 Å². The molecule has 9 N–H and O–H groups in total. The lowest BCUT2D eigenvalue weighted by molar-refractivity contribution is -0.359. The SMILES string of the molecule is CCCCCCC/C=C\C/C=C\CCCCCCCCCCCCCCCC(=O)NC(COC1OC(CO)C(OC2OC(CO)C(O)C(O)C2O)C(O)C1O)C(O)/C=C/CC/C=C/CCCCCCCCC. The fourth-order valence-electron chi connectivity index (χ4n) is 9.28. The van der Waals surface area contributed by atoms with Gasteiger partial charge < -0.3 is 65.1 Å². The number of carbonyl (C=O) groups is 1. The molecule has 0 spiro atoms. The Morgan fingerprint density at radius 3 is 1.44 bits per heavy atom. The molecule has 0 aromatic carbocycles. The van der Waals surface area contributed by atoms with Crippen LogP contribution in [-0.4, -0.2) is 140 Å². The summed E-state index contributed by atoms with van der Waals surface area (Å²) in [6.45, 7) is 2.75. The van der Waals surface area contributed by atoms with Crippen molar-refractivity contribution in [2.45, 2.75) is 293 Å². The van der Waals surface area contributed by atoms with E-state index >= 15 is 0 Å². The molecule has 2 aliphatic heterocycles. The Hall–Kier alpha value is -2.05. The number of aliphatic hydroxyl groups excluding tert-OH is 8. The molecule has 0 aromatic heterocycles. The first-order valence-corrected chi connectivity index (χ1v) is 28.9. The van der Waals surface area contributed by atoms with E-state index in [0.717, 1.165) is 38.5 Å². The third-order valence-electron chi connectivity index (χ3n) is 14.0. The van der Waals surface area contributed by atoms with Gasteiger partial charge in [-0.3, -0.25) is 4.79 Å². The maximum absolute atomic E-state index is 13.2. The Bertz CT molecular complexity index is 1390. The minimum absolute atomic E-state index is 0.251. The highest BCUT2D eigenvalue weighted by atomic mass is 16.7. The van der Waals surface area contributed by atoms with E-state index in [1.807, 2.05) is 6.08 Å². The Kier molecular flexibility index (Phi) is 40.5. The first-order chi connectivity index (χ1) is 35.1. The third kappa shape index (κ3) is 29.9. The summed E-state index contributed by atoms with van der Waals surface area (Å²) in [6.07, 6.45) is 37.3. The lowest BCUT2D eigenvalue weighted by Crippen LogP contribution is -2.65. The van der Waals surface area contributed by atoms with Crippen molar-refractivity contribution >= 4 is 5.91 Å². The van der Waals surface area contributed by atoms with Gasteiger partial charge in [-0.15, -0.1) is 0 Å². The number of ether oxygens (including phenoxy) is 4. The first-order valence-electron chi connectivity index (χ1n) is 28.9. The zero-order valence-corrected chi connectivity index (χ0v) is 44.9. The van der Waals surface area contributed by atoms with E-state index in [9.17, 15) is 45.6 Å². The smallest absolute Gasteiger partial charge is 0.220 e. The van der Waals surface area contributed by atoms with Crippen LogP contribution in [0.3, 0.4) is 0 Å². The number of amides is 1. The molecule has 2 rings (SSSR count). The topological polar surface area (TPSA) is 228 Å². The largest absolute Gasteiger partial charge is 0.394 e. The van der Waals surface area contributed by atoms with Gasteiger partial charge in [0.25, 0.3) is 0 Å². The van der Waals surface area contributed by atoms with Gasteiger partial charge in [0, 0.05) is 6.42 Å². The van der Waals surface area contributed by atoms with Gasteiger partial charge in [-0.1, -0.05) is 197 Å². The summed E-state index contributed by atoms with van der Waals surface area (Å²) in [5.41, 5.74) is 0. The number of allylic oxidation sites excluding steroid dienone is 7. The average molecular weight is 1020 g/mol. The van der Waals surface area contributed by atoms with Crippen LogP contribution in [0.4, 0.5) is 0 Å². The van der Waals surface area contributed by atoms with E-state index in [1.165, 1.54) is 148 Å². The molecule has 2 saturated heterocycles. The number of hydrogen-bond donors (Lipinski definition) is 9. The molecule has 14 nitrogen and oxygen atoms in total. The maximum Gasteiger partial charge on any atom is 0.220 e. The second-order valence-corrected chi connectivity index (χ2v) is 20.4. The van der Waals surface area contributed by atoms with Crippen LogP contribution in [0.1, 0.15) is 219 Å². The Balaban J connectivity index is 1.74. The van der Waals surface area contributed by atoms with E-state index < -0.39 is 86.8 Å². The van der Waals surface area contributed by atoms with Crippen LogP contribution in [0.5, 0.6) is 0 Å². The molecule has 2 heterocycles. The maximum atomic E-state index is 13.2. The molecular weight excluding hydrogens is 919 g/mol. The Labute approximate surface area is 435 Å². The summed E-state index contributed by atoms with van der Waals surface area (Å²) in [4.78, 5) is 13.2. The van der Waals surface area contributed by atoms with Crippen LogP contribution in [0.2, 0.25) is 0 Å². The molecule has 0 radical (unpaired) electrons. The number of nitrogens with one attached hydrogen (secondary N) is 1. The zero-order chi connectivity index (χ0) is 52.4. The number of unbranched alkanes of at least 4 members (excludes halogenated alkanes) is 26. The van der Waals surface area contributed by atoms with Crippen molar-refractivity contribution in [1.82, 2.24) is 5.32 Å². The van der Waals surface area contributed by atoms with Crippen LogP contribution in [0.25, 0.3) is 0 Å². The highest BCUT2D eigenvalue weighted by molar-refractivity contribution is 5.76. The van der Waals surface area contributed by atoms with E-state index in [0.29, 0.717) is 12.8 Å². The highest BCUT2D eigenvalue weighted by Gasteiger charge is 2.51. The van der Waals surface area contributed by atoms with E-state index in [4.69, 9.17) is 18.9 Å². The van der Waals surface area contributed by atoms with Crippen molar-refractivity contribution in [2.75, 3.05) is 19.8 Å². The quantitative estimate of drug-likeness (QED) is 0.0205. The Morgan fingerprint density at radius 2 is 0.931 bits per heavy atom. The van der Waals surface area contributed by atoms with Crippen LogP contribution in [-0.2, 0) is 23.7 Å². The second kappa shape index (κ2) is 44.1. The lowest BCUT2D eigenvalue weighted by Gasteiger charge is -2.46. The van der Waals surface area contributed by atoms with Crippen LogP contribution in [0.15, 0.2) is 48.6 Å². The fraction of sp³-hybridized carbons (Fsp3) is 0.845. The highest BCUT2D eigenvalue weighted by Crippen LogP contribution is 2.30. The van der Waals surface area contributed by atoms with E-state index in [-0.39, 0.29) is 18.9 Å². The fourth-order valence-corrected chi connectivity index (χ4v) is 9.28. The van der Waals surface area contributed by atoms with Crippen molar-refractivity contribution < 1.29 is 64.6 Å². The predicted molar refractivity (Wildman–Crippen MR) is 286 cm³/mol. The van der Waals surface area contributed by atoms with Gasteiger partial charge in [0.1, 0.15) is 48.8 Å². The molecule has 0 saturated carbocycles. The number of carbonyl (C=O) groups excluding carboxylic acids is 1. The summed E-state index contributed by atoms with van der Waals surface area (Å²) in [6, 6.07) is -0.931. The molecule has 14 heteroatoms. The molecule has 1 amide bonds. The van der Waals surface area contributed by atoms with Crippen LogP contribution >= 0.6 is 0 Å². The van der Waals surface area contributed by atoms with E-state index in [2.05, 4.69) is 55.6 Å². The van der Waals surface area contributed by atoms with Gasteiger partial charge in [-0.25, -0.2) is 0 Å². The van der Waals surface area contributed by atoms with Gasteiger partial charge in [-0.2, -0.15) is 0 Å². The van der Waals surface area contributed by atoms with Crippen molar-refractivity contribution in [3.63, 3.8) is 0 Å². The second-order valence-electron chi connectivity index (χ2n) is 20.4. The summed E-state index contributed by atoms with van der Waals surface area (Å²) >= 11 is 0. The standard InChI is InChI=1S/C58H105NO13/c1-3-5-7-9-11-13-15-17-18-19-20-21-22-23-24-25-26-27-28-30-32-34-36-38-40-42-50(63)59-46(47(62)41-39-37-35-33-31-29-16-14-12-10-8-6-4-2)45-69-57-55(68)53(66)56(49(44-61)71-57)72-58-54(67)52(65)51(64)48(43-60)70-58/h15,17,19-20,31,33,39,41,46-49,51-58,60-62,64-68H,3-14,16,18,21-30,32,34-38,40,42-45H2,1-2H3,(H,59,63)/b17-15-,20-19-,33-31+,41-39+. The molecule has 0 aromatic rings. The minimum atomic E-state index is -1.79. The molecule has 2 aliphatic rings. The molecule has 72 heavy (non-hydrogen) atoms. The number of rotatable bonds is 45. The van der Waals surface area contributed by atoms with Crippen molar-refractivity contribution in [3.8, 4) is 0 Å². The van der Waals surface area contributed by atoms with Crippen molar-refractivity contribution in [1.29, 1.82) is 0 Å². The van der Waals surface area contributed by atoms with Crippen LogP contribution < -0.4 is 5.32 Å². The monoisotopic (exact) mass is 1020 g/mol. The third-order valence-corrected chi connectivity index (χ3v) is 14.0. The number of hydrogen-bond acceptors (Lipinski definition) is 13.